The van der Waals surface area contributed by atoms with Crippen molar-refractivity contribution in [3.05, 3.63) is 65.2 Å². The van der Waals surface area contributed by atoms with Gasteiger partial charge in [-0.1, -0.05) is 12.1 Å². The third-order valence-electron chi connectivity index (χ3n) is 2.78. The predicted molar refractivity (Wildman–Crippen MR) is 71.5 cm³/mol. The van der Waals surface area contributed by atoms with Crippen LogP contribution in [0.25, 0.3) is 0 Å². The van der Waals surface area contributed by atoms with Crippen molar-refractivity contribution < 1.29 is 18.7 Å². The van der Waals surface area contributed by atoms with Crippen LogP contribution in [0.2, 0.25) is 0 Å². The summed E-state index contributed by atoms with van der Waals surface area (Å²) >= 11 is 0. The molecule has 104 valence electrons. The number of aliphatic carboxylic acids is 1. The van der Waals surface area contributed by atoms with Gasteiger partial charge in [-0.25, -0.2) is 13.6 Å². The number of benzene rings is 2. The molecule has 20 heavy (non-hydrogen) atoms. The van der Waals surface area contributed by atoms with Crippen LogP contribution < -0.4 is 5.32 Å². The summed E-state index contributed by atoms with van der Waals surface area (Å²) in [5, 5.41) is 11.9. The third-order valence-corrected chi connectivity index (χ3v) is 2.78. The van der Waals surface area contributed by atoms with Crippen molar-refractivity contribution in [2.75, 3.05) is 5.32 Å². The molecule has 0 aromatic heterocycles. The van der Waals surface area contributed by atoms with Crippen molar-refractivity contribution in [1.82, 2.24) is 0 Å². The van der Waals surface area contributed by atoms with E-state index in [9.17, 15) is 18.7 Å². The zero-order valence-electron chi connectivity index (χ0n) is 10.7. The molecule has 5 heteroatoms. The molecule has 0 spiro atoms. The molecule has 2 rings (SSSR count). The molecule has 0 aliphatic heterocycles. The minimum Gasteiger partial charge on any atom is -0.479 e. The normalized spacial score (nSPS) is 11.9. The average molecular weight is 277 g/mol. The van der Waals surface area contributed by atoms with Gasteiger partial charge in [-0.3, -0.25) is 0 Å². The minimum absolute atomic E-state index is 0.263. The van der Waals surface area contributed by atoms with Crippen LogP contribution in [-0.2, 0) is 4.79 Å². The molecule has 0 fully saturated rings. The predicted octanol–water partition coefficient (Wildman–Crippen LogP) is 3.51. The van der Waals surface area contributed by atoms with E-state index in [0.717, 1.165) is 6.07 Å². The molecule has 0 bridgehead atoms. The largest absolute Gasteiger partial charge is 0.479 e. The Morgan fingerprint density at radius 1 is 1.15 bits per heavy atom. The number of carboxylic acid groups (broad SMARTS) is 1. The summed E-state index contributed by atoms with van der Waals surface area (Å²) in [4.78, 5) is 11.3. The molecule has 2 N–H and O–H groups in total. The highest BCUT2D eigenvalue weighted by Crippen LogP contribution is 2.22. The fourth-order valence-electron chi connectivity index (χ4n) is 1.96. The topological polar surface area (TPSA) is 49.3 Å². The second-order valence-corrected chi connectivity index (χ2v) is 4.49. The Kier molecular flexibility index (Phi) is 3.98. The first-order valence-corrected chi connectivity index (χ1v) is 5.98. The number of anilines is 1. The van der Waals surface area contributed by atoms with Gasteiger partial charge in [-0.05, 0) is 48.4 Å². The number of nitrogens with one attached hydrogen (secondary N) is 1. The Morgan fingerprint density at radius 2 is 1.90 bits per heavy atom. The minimum atomic E-state index is -1.17. The molecule has 0 aliphatic carbocycles. The number of aryl methyl sites for hydroxylation is 1. The van der Waals surface area contributed by atoms with Gasteiger partial charge in [0.15, 0.2) is 6.04 Å². The molecule has 2 aromatic carbocycles. The van der Waals surface area contributed by atoms with E-state index in [4.69, 9.17) is 0 Å². The maximum absolute atomic E-state index is 13.3. The Balaban J connectivity index is 2.33. The lowest BCUT2D eigenvalue weighted by Gasteiger charge is -2.16. The van der Waals surface area contributed by atoms with Crippen LogP contribution in [0.4, 0.5) is 14.5 Å². The molecule has 0 saturated heterocycles. The van der Waals surface area contributed by atoms with Crippen LogP contribution in [-0.4, -0.2) is 11.1 Å². The summed E-state index contributed by atoms with van der Waals surface area (Å²) in [5.41, 5.74) is 1.26. The van der Waals surface area contributed by atoms with E-state index >= 15 is 0 Å². The molecule has 1 unspecified atom stereocenters. The van der Waals surface area contributed by atoms with Crippen molar-refractivity contribution in [3.8, 4) is 0 Å². The fraction of sp³-hybridized carbons (Fsp3) is 0.133. The zero-order valence-corrected chi connectivity index (χ0v) is 10.7. The number of hydrogen-bond donors (Lipinski definition) is 2. The van der Waals surface area contributed by atoms with Crippen molar-refractivity contribution >= 4 is 11.7 Å². The van der Waals surface area contributed by atoms with E-state index in [1.54, 1.807) is 13.0 Å². The van der Waals surface area contributed by atoms with Gasteiger partial charge in [0.25, 0.3) is 0 Å². The quantitative estimate of drug-likeness (QED) is 0.899. The summed E-state index contributed by atoms with van der Waals surface area (Å²) in [5.74, 6) is -2.15. The smallest absolute Gasteiger partial charge is 0.330 e. The van der Waals surface area contributed by atoms with Gasteiger partial charge in [0.2, 0.25) is 0 Å². The highest BCUT2D eigenvalue weighted by Gasteiger charge is 2.20. The van der Waals surface area contributed by atoms with E-state index < -0.39 is 23.6 Å². The Morgan fingerprint density at radius 3 is 2.50 bits per heavy atom. The SMILES string of the molecule is Cc1cc(F)cc(NC(C(=O)O)c2cccc(F)c2)c1. The summed E-state index contributed by atoms with van der Waals surface area (Å²) in [6.45, 7) is 1.70. The fourth-order valence-corrected chi connectivity index (χ4v) is 1.96. The summed E-state index contributed by atoms with van der Waals surface area (Å²) in [6.07, 6.45) is 0. The van der Waals surface area contributed by atoms with Crippen LogP contribution in [0.3, 0.4) is 0 Å². The summed E-state index contributed by atoms with van der Waals surface area (Å²) in [7, 11) is 0. The number of hydrogen-bond acceptors (Lipinski definition) is 2. The van der Waals surface area contributed by atoms with E-state index in [-0.39, 0.29) is 5.56 Å². The summed E-state index contributed by atoms with van der Waals surface area (Å²) in [6, 6.07) is 8.31. The second-order valence-electron chi connectivity index (χ2n) is 4.49. The van der Waals surface area contributed by atoms with E-state index in [2.05, 4.69) is 5.32 Å². The van der Waals surface area contributed by atoms with Gasteiger partial charge in [-0.15, -0.1) is 0 Å². The van der Waals surface area contributed by atoms with Gasteiger partial charge in [-0.2, -0.15) is 0 Å². The van der Waals surface area contributed by atoms with Gasteiger partial charge in [0, 0.05) is 5.69 Å². The van der Waals surface area contributed by atoms with Crippen molar-refractivity contribution in [1.29, 1.82) is 0 Å². The Bertz CT molecular complexity index is 623. The average Bonchev–Trinajstić information content (AvgIpc) is 2.34. The molecule has 0 aliphatic rings. The van der Waals surface area contributed by atoms with Crippen LogP contribution in [0.1, 0.15) is 17.2 Å². The monoisotopic (exact) mass is 277 g/mol. The van der Waals surface area contributed by atoms with Crippen molar-refractivity contribution in [2.24, 2.45) is 0 Å². The van der Waals surface area contributed by atoms with Gasteiger partial charge in [0.1, 0.15) is 11.6 Å². The van der Waals surface area contributed by atoms with Crippen LogP contribution >= 0.6 is 0 Å². The Hall–Kier alpha value is -2.43. The molecule has 0 saturated carbocycles. The molecule has 2 aromatic rings. The maximum atomic E-state index is 13.3. The molecule has 3 nitrogen and oxygen atoms in total. The van der Waals surface area contributed by atoms with Gasteiger partial charge in [0.05, 0.1) is 0 Å². The number of halogens is 2. The second kappa shape index (κ2) is 5.69. The molecular formula is C15H13F2NO2. The van der Waals surface area contributed by atoms with Gasteiger partial charge >= 0.3 is 5.97 Å². The lowest BCUT2D eigenvalue weighted by Crippen LogP contribution is -2.20. The highest BCUT2D eigenvalue weighted by atomic mass is 19.1. The van der Waals surface area contributed by atoms with Crippen LogP contribution in [0.5, 0.6) is 0 Å². The first-order valence-electron chi connectivity index (χ1n) is 5.98. The molecule has 0 amide bonds. The first kappa shape index (κ1) is 14.0. The lowest BCUT2D eigenvalue weighted by molar-refractivity contribution is -0.138. The maximum Gasteiger partial charge on any atom is 0.330 e. The van der Waals surface area contributed by atoms with Crippen LogP contribution in [0.15, 0.2) is 42.5 Å². The van der Waals surface area contributed by atoms with Crippen molar-refractivity contribution in [3.63, 3.8) is 0 Å². The highest BCUT2D eigenvalue weighted by molar-refractivity contribution is 5.79. The third kappa shape index (κ3) is 3.32. The summed E-state index contributed by atoms with van der Waals surface area (Å²) < 4.78 is 26.5. The van der Waals surface area contributed by atoms with Crippen molar-refractivity contribution in [2.45, 2.75) is 13.0 Å². The molecule has 1 atom stereocenters. The van der Waals surface area contributed by atoms with Gasteiger partial charge < -0.3 is 10.4 Å². The zero-order chi connectivity index (χ0) is 14.7. The van der Waals surface area contributed by atoms with E-state index in [1.807, 2.05) is 0 Å². The van der Waals surface area contributed by atoms with E-state index in [1.165, 1.54) is 30.3 Å². The van der Waals surface area contributed by atoms with Crippen LogP contribution in [0, 0.1) is 18.6 Å². The first-order chi connectivity index (χ1) is 9.45. The number of carboxylic acids is 1. The van der Waals surface area contributed by atoms with E-state index in [0.29, 0.717) is 11.3 Å². The lowest BCUT2D eigenvalue weighted by atomic mass is 10.1. The number of rotatable bonds is 4. The molecule has 0 heterocycles. The number of carbonyl (C=O) groups is 1. The standard InChI is InChI=1S/C15H13F2NO2/c1-9-5-12(17)8-13(6-9)18-14(15(19)20)10-3-2-4-11(16)7-10/h2-8,14,18H,1H3,(H,19,20). The Labute approximate surface area is 114 Å². The molecular weight excluding hydrogens is 264 g/mol. The molecule has 0 radical (unpaired) electrons.